The van der Waals surface area contributed by atoms with Gasteiger partial charge in [-0.25, -0.2) is 9.37 Å². The molecule has 0 aliphatic heterocycles. The summed E-state index contributed by atoms with van der Waals surface area (Å²) < 4.78 is 14.1. The van der Waals surface area contributed by atoms with Crippen molar-refractivity contribution in [3.8, 4) is 11.3 Å². The van der Waals surface area contributed by atoms with Gasteiger partial charge >= 0.3 is 0 Å². The molecule has 0 spiro atoms. The Kier molecular flexibility index (Phi) is 5.22. The van der Waals surface area contributed by atoms with Crippen LogP contribution in [0.25, 0.3) is 17.3 Å². The molecule has 0 amide bonds. The third-order valence-electron chi connectivity index (χ3n) is 3.01. The van der Waals surface area contributed by atoms with Gasteiger partial charge in [-0.1, -0.05) is 18.5 Å². The topological polar surface area (TPSA) is 69.6 Å². The average molecular weight is 320 g/mol. The molecule has 4 nitrogen and oxygen atoms in total. The fraction of sp³-hybridized carbons (Fsp3) is 0.188. The lowest BCUT2D eigenvalue weighted by molar-refractivity contribution is 0.0978. The molecular weight excluding hydrogens is 305 g/mol. The van der Waals surface area contributed by atoms with E-state index in [1.807, 2.05) is 6.92 Å². The number of nitrogens with zero attached hydrogens (tertiary/aromatic N) is 1. The number of hydrogen-bond donors (Lipinski definition) is 2. The molecule has 0 saturated heterocycles. The number of ketones is 1. The molecule has 0 aliphatic carbocycles. The van der Waals surface area contributed by atoms with E-state index in [1.165, 1.54) is 18.2 Å². The number of aromatic amines is 1. The minimum absolute atomic E-state index is 0.155. The average Bonchev–Trinajstić information content (AvgIpc) is 2.89. The van der Waals surface area contributed by atoms with Gasteiger partial charge in [0.25, 0.3) is 0 Å². The predicted molar refractivity (Wildman–Crippen MR) is 86.0 cm³/mol. The SMILES string of the molecule is CCCC(=O)c1nc(/C=C\C=N)[nH]c1-c1ccc(Cl)cc1F. The summed E-state index contributed by atoms with van der Waals surface area (Å²) in [5.74, 6) is -0.283. The Balaban J connectivity index is 2.56. The molecule has 1 aromatic heterocycles. The predicted octanol–water partition coefficient (Wildman–Crippen LogP) is 4.51. The van der Waals surface area contributed by atoms with Gasteiger partial charge in [0, 0.05) is 23.2 Å². The number of halogens is 2. The molecule has 22 heavy (non-hydrogen) atoms. The van der Waals surface area contributed by atoms with Crippen molar-refractivity contribution < 1.29 is 9.18 Å². The van der Waals surface area contributed by atoms with Gasteiger partial charge in [-0.05, 0) is 36.8 Å². The third-order valence-corrected chi connectivity index (χ3v) is 3.25. The van der Waals surface area contributed by atoms with E-state index in [9.17, 15) is 9.18 Å². The lowest BCUT2D eigenvalue weighted by Gasteiger charge is -2.04. The molecule has 0 radical (unpaired) electrons. The number of carbonyl (C=O) groups is 1. The van der Waals surface area contributed by atoms with Gasteiger partial charge < -0.3 is 10.4 Å². The molecule has 1 heterocycles. The van der Waals surface area contributed by atoms with Crippen LogP contribution in [0, 0.1) is 11.2 Å². The largest absolute Gasteiger partial charge is 0.338 e. The van der Waals surface area contributed by atoms with Gasteiger partial charge in [0.1, 0.15) is 17.3 Å². The summed E-state index contributed by atoms with van der Waals surface area (Å²) in [4.78, 5) is 19.3. The van der Waals surface area contributed by atoms with Crippen LogP contribution >= 0.6 is 11.6 Å². The molecule has 0 unspecified atom stereocenters. The summed E-state index contributed by atoms with van der Waals surface area (Å²) >= 11 is 5.76. The Labute approximate surface area is 132 Å². The molecule has 0 fully saturated rings. The van der Waals surface area contributed by atoms with E-state index in [1.54, 1.807) is 12.1 Å². The Hall–Kier alpha value is -2.27. The zero-order valence-corrected chi connectivity index (χ0v) is 12.7. The van der Waals surface area contributed by atoms with E-state index < -0.39 is 5.82 Å². The van der Waals surface area contributed by atoms with Crippen molar-refractivity contribution in [1.29, 1.82) is 5.41 Å². The quantitative estimate of drug-likeness (QED) is 0.607. The van der Waals surface area contributed by atoms with Crippen LogP contribution in [0.5, 0.6) is 0 Å². The number of benzene rings is 1. The van der Waals surface area contributed by atoms with Crippen molar-refractivity contribution in [3.05, 3.63) is 46.6 Å². The first-order valence-corrected chi connectivity index (χ1v) is 7.20. The van der Waals surface area contributed by atoms with E-state index in [4.69, 9.17) is 17.0 Å². The number of H-pyrrole nitrogens is 1. The second kappa shape index (κ2) is 7.13. The maximum Gasteiger partial charge on any atom is 0.183 e. The number of nitrogens with one attached hydrogen (secondary N) is 2. The maximum atomic E-state index is 14.1. The van der Waals surface area contributed by atoms with Crippen LogP contribution in [-0.4, -0.2) is 22.0 Å². The number of imidazole rings is 1. The van der Waals surface area contributed by atoms with Gasteiger partial charge in [0.15, 0.2) is 5.78 Å². The first-order chi connectivity index (χ1) is 10.6. The van der Waals surface area contributed by atoms with E-state index in [0.717, 1.165) is 6.21 Å². The molecule has 2 N–H and O–H groups in total. The van der Waals surface area contributed by atoms with E-state index in [2.05, 4.69) is 9.97 Å². The van der Waals surface area contributed by atoms with Gasteiger partial charge in [-0.15, -0.1) is 0 Å². The molecule has 114 valence electrons. The fourth-order valence-electron chi connectivity index (χ4n) is 2.04. The number of rotatable bonds is 6. The van der Waals surface area contributed by atoms with Crippen LogP contribution in [-0.2, 0) is 0 Å². The molecule has 2 aromatic rings. The molecule has 1 aromatic carbocycles. The van der Waals surface area contributed by atoms with E-state index >= 15 is 0 Å². The van der Waals surface area contributed by atoms with Crippen molar-refractivity contribution in [2.75, 3.05) is 0 Å². The summed E-state index contributed by atoms with van der Waals surface area (Å²) in [6.45, 7) is 1.89. The Morgan fingerprint density at radius 1 is 1.50 bits per heavy atom. The lowest BCUT2D eigenvalue weighted by Crippen LogP contribution is -2.01. The fourth-order valence-corrected chi connectivity index (χ4v) is 2.20. The molecule has 0 bridgehead atoms. The van der Waals surface area contributed by atoms with Crippen LogP contribution in [0.1, 0.15) is 36.1 Å². The molecular formula is C16H15ClFN3O. The monoisotopic (exact) mass is 319 g/mol. The summed E-state index contributed by atoms with van der Waals surface area (Å²) in [5.41, 5.74) is 0.774. The minimum Gasteiger partial charge on any atom is -0.338 e. The van der Waals surface area contributed by atoms with Crippen LogP contribution < -0.4 is 0 Å². The van der Waals surface area contributed by atoms with E-state index in [-0.39, 0.29) is 22.1 Å². The minimum atomic E-state index is -0.524. The van der Waals surface area contributed by atoms with Gasteiger partial charge in [0.05, 0.1) is 5.69 Å². The Morgan fingerprint density at radius 2 is 2.27 bits per heavy atom. The third kappa shape index (κ3) is 3.49. The zero-order chi connectivity index (χ0) is 16.1. The van der Waals surface area contributed by atoms with E-state index in [0.29, 0.717) is 24.4 Å². The normalized spacial score (nSPS) is 11.0. The second-order valence-corrected chi connectivity index (χ2v) is 5.11. The highest BCUT2D eigenvalue weighted by atomic mass is 35.5. The molecule has 2 rings (SSSR count). The molecule has 0 saturated carbocycles. The summed E-state index contributed by atoms with van der Waals surface area (Å²) in [5, 5.41) is 7.27. The standard InChI is InChI=1S/C16H15ClFN3O/c1-2-4-13(22)16-15(20-14(21-16)5-3-8-19)11-7-6-10(17)9-12(11)18/h3,5-9,19H,2,4H2,1H3,(H,20,21)/b5-3-,19-8?. The van der Waals surface area contributed by atoms with Gasteiger partial charge in [-0.2, -0.15) is 0 Å². The molecule has 0 aliphatic rings. The number of Topliss-reactive ketones (excluding diaryl/α,β-unsaturated/α-hetero) is 1. The smallest absolute Gasteiger partial charge is 0.183 e. The van der Waals surface area contributed by atoms with Crippen LogP contribution in [0.4, 0.5) is 4.39 Å². The lowest BCUT2D eigenvalue weighted by atomic mass is 10.1. The van der Waals surface area contributed by atoms with Gasteiger partial charge in [-0.3, -0.25) is 4.79 Å². The molecule has 0 atom stereocenters. The highest BCUT2D eigenvalue weighted by Crippen LogP contribution is 2.28. The highest BCUT2D eigenvalue weighted by molar-refractivity contribution is 6.30. The maximum absolute atomic E-state index is 14.1. The second-order valence-electron chi connectivity index (χ2n) is 4.67. The number of hydrogen-bond acceptors (Lipinski definition) is 3. The van der Waals surface area contributed by atoms with Crippen molar-refractivity contribution >= 4 is 29.7 Å². The first-order valence-electron chi connectivity index (χ1n) is 6.82. The Bertz CT molecular complexity index is 737. The van der Waals surface area contributed by atoms with Crippen molar-refractivity contribution in [2.24, 2.45) is 0 Å². The zero-order valence-electron chi connectivity index (χ0n) is 12.0. The first kappa shape index (κ1) is 16.1. The van der Waals surface area contributed by atoms with Gasteiger partial charge in [0.2, 0.25) is 0 Å². The van der Waals surface area contributed by atoms with Crippen molar-refractivity contribution in [1.82, 2.24) is 9.97 Å². The number of carbonyl (C=O) groups excluding carboxylic acids is 1. The summed E-state index contributed by atoms with van der Waals surface area (Å²) in [7, 11) is 0. The summed E-state index contributed by atoms with van der Waals surface area (Å²) in [6, 6.07) is 4.26. The molecule has 6 heteroatoms. The van der Waals surface area contributed by atoms with Crippen LogP contribution in [0.15, 0.2) is 24.3 Å². The van der Waals surface area contributed by atoms with Crippen molar-refractivity contribution in [3.63, 3.8) is 0 Å². The number of allylic oxidation sites excluding steroid dienone is 1. The Morgan fingerprint density at radius 3 is 2.91 bits per heavy atom. The van der Waals surface area contributed by atoms with Crippen LogP contribution in [0.2, 0.25) is 5.02 Å². The highest BCUT2D eigenvalue weighted by Gasteiger charge is 2.20. The van der Waals surface area contributed by atoms with Crippen LogP contribution in [0.3, 0.4) is 0 Å². The van der Waals surface area contributed by atoms with Crippen molar-refractivity contribution in [2.45, 2.75) is 19.8 Å². The number of aromatic nitrogens is 2. The summed E-state index contributed by atoms with van der Waals surface area (Å²) in [6.07, 6.45) is 5.13.